The van der Waals surface area contributed by atoms with Gasteiger partial charge in [0.1, 0.15) is 12.7 Å². The van der Waals surface area contributed by atoms with Crippen LogP contribution < -0.4 is 5.30 Å². The minimum absolute atomic E-state index is 0.190. The number of aliphatic hydroxyl groups is 1. The summed E-state index contributed by atoms with van der Waals surface area (Å²) >= 11 is 0. The minimum Gasteiger partial charge on any atom is -0.481 e. The molecule has 0 aliphatic heterocycles. The van der Waals surface area contributed by atoms with Crippen molar-refractivity contribution in [2.75, 3.05) is 19.4 Å². The molecule has 0 aliphatic carbocycles. The summed E-state index contributed by atoms with van der Waals surface area (Å²) in [5, 5.41) is 19.0. The summed E-state index contributed by atoms with van der Waals surface area (Å²) < 4.78 is 23.1. The topological polar surface area (TPSA) is 110 Å². The number of benzene rings is 1. The molecule has 1 aromatic rings. The van der Waals surface area contributed by atoms with Crippen LogP contribution in [-0.4, -0.2) is 47.6 Å². The highest BCUT2D eigenvalue weighted by Gasteiger charge is 2.28. The molecule has 1 aromatic carbocycles. The third-order valence-electron chi connectivity index (χ3n) is 3.00. The Bertz CT molecular complexity index is 627. The quantitative estimate of drug-likeness (QED) is 0.372. The smallest absolute Gasteiger partial charge is 0.333 e. The molecule has 0 amide bonds. The zero-order chi connectivity index (χ0) is 18.2. The fraction of sp³-hybridized carbons (Fsp3) is 0.375. The summed E-state index contributed by atoms with van der Waals surface area (Å²) in [6.45, 7) is 4.20. The average Bonchev–Trinajstić information content (AvgIpc) is 2.56. The lowest BCUT2D eigenvalue weighted by atomic mass is 10.3. The highest BCUT2D eigenvalue weighted by Crippen LogP contribution is 2.46. The number of carboxylic acid groups (broad SMARTS) is 1. The Morgan fingerprint density at radius 3 is 2.42 bits per heavy atom. The van der Waals surface area contributed by atoms with Crippen molar-refractivity contribution in [3.8, 4) is 0 Å². The average molecular weight is 356 g/mol. The molecule has 2 atom stereocenters. The number of carbonyl (C=O) groups is 2. The van der Waals surface area contributed by atoms with Crippen LogP contribution in [0.3, 0.4) is 0 Å². The molecule has 8 heteroatoms. The van der Waals surface area contributed by atoms with Gasteiger partial charge in [0.05, 0.1) is 13.0 Å². The van der Waals surface area contributed by atoms with E-state index in [1.807, 2.05) is 0 Å². The highest BCUT2D eigenvalue weighted by molar-refractivity contribution is 7.67. The van der Waals surface area contributed by atoms with Gasteiger partial charge in [-0.1, -0.05) is 24.8 Å². The molecule has 7 nitrogen and oxygen atoms in total. The number of rotatable bonds is 10. The van der Waals surface area contributed by atoms with Crippen molar-refractivity contribution in [1.29, 1.82) is 0 Å². The van der Waals surface area contributed by atoms with Crippen LogP contribution in [0.2, 0.25) is 0 Å². The Morgan fingerprint density at radius 2 is 1.88 bits per heavy atom. The number of carbonyl (C=O) groups excluding carboxylic acids is 1. The van der Waals surface area contributed by atoms with Crippen molar-refractivity contribution in [1.82, 2.24) is 0 Å². The number of aliphatic hydroxyl groups excluding tert-OH is 1. The molecule has 0 spiro atoms. The van der Waals surface area contributed by atoms with E-state index in [-0.39, 0.29) is 31.4 Å². The van der Waals surface area contributed by atoms with Gasteiger partial charge in [0.25, 0.3) is 0 Å². The minimum atomic E-state index is -3.44. The monoisotopic (exact) mass is 356 g/mol. The molecule has 0 saturated heterocycles. The molecule has 0 bridgehead atoms. The van der Waals surface area contributed by atoms with Crippen LogP contribution in [0.15, 0.2) is 42.5 Å². The van der Waals surface area contributed by atoms with E-state index >= 15 is 0 Å². The molecule has 1 rings (SSSR count). The van der Waals surface area contributed by atoms with Gasteiger partial charge in [0.15, 0.2) is 0 Å². The van der Waals surface area contributed by atoms with Crippen LogP contribution in [0, 0.1) is 0 Å². The predicted molar refractivity (Wildman–Crippen MR) is 88.5 cm³/mol. The number of ether oxygens (including phenoxy) is 1. The van der Waals surface area contributed by atoms with Crippen LogP contribution in [0.25, 0.3) is 0 Å². The maximum Gasteiger partial charge on any atom is 0.333 e. The second-order valence-corrected chi connectivity index (χ2v) is 7.77. The first-order valence-corrected chi connectivity index (χ1v) is 9.07. The first-order chi connectivity index (χ1) is 11.2. The van der Waals surface area contributed by atoms with Gasteiger partial charge in [0, 0.05) is 17.0 Å². The van der Waals surface area contributed by atoms with E-state index in [9.17, 15) is 19.3 Å². The van der Waals surface area contributed by atoms with E-state index in [0.29, 0.717) is 5.30 Å². The summed E-state index contributed by atoms with van der Waals surface area (Å²) in [5.74, 6) is -1.74. The summed E-state index contributed by atoms with van der Waals surface area (Å²) in [5.41, 5.74) is 0.194. The number of hydrogen-bond acceptors (Lipinski definition) is 6. The van der Waals surface area contributed by atoms with Crippen molar-refractivity contribution < 1.29 is 33.6 Å². The maximum atomic E-state index is 13.0. The van der Waals surface area contributed by atoms with Crippen molar-refractivity contribution in [2.24, 2.45) is 0 Å². The Morgan fingerprint density at radius 1 is 1.25 bits per heavy atom. The first kappa shape index (κ1) is 20.1. The third-order valence-corrected chi connectivity index (χ3v) is 5.46. The lowest BCUT2D eigenvalue weighted by molar-refractivity contribution is -0.142. The molecule has 0 saturated carbocycles. The summed E-state index contributed by atoms with van der Waals surface area (Å²) in [6.07, 6.45) is -1.70. The van der Waals surface area contributed by atoms with Crippen molar-refractivity contribution in [3.05, 3.63) is 42.5 Å². The van der Waals surface area contributed by atoms with Crippen LogP contribution in [0.4, 0.5) is 0 Å². The van der Waals surface area contributed by atoms with Gasteiger partial charge in [-0.2, -0.15) is 0 Å². The van der Waals surface area contributed by atoms with Gasteiger partial charge in [-0.05, 0) is 19.1 Å². The van der Waals surface area contributed by atoms with Crippen LogP contribution >= 0.6 is 7.37 Å². The number of carboxylic acids is 1. The Balaban J connectivity index is 2.69. The Kier molecular flexibility index (Phi) is 7.85. The molecule has 24 heavy (non-hydrogen) atoms. The van der Waals surface area contributed by atoms with E-state index in [2.05, 4.69) is 6.58 Å². The van der Waals surface area contributed by atoms with E-state index in [1.54, 1.807) is 30.3 Å². The third kappa shape index (κ3) is 6.66. The van der Waals surface area contributed by atoms with Crippen LogP contribution in [0.1, 0.15) is 13.3 Å². The Hall–Kier alpha value is -1.95. The van der Waals surface area contributed by atoms with Crippen molar-refractivity contribution in [3.63, 3.8) is 0 Å². The summed E-state index contributed by atoms with van der Waals surface area (Å²) in [7, 11) is -3.44. The van der Waals surface area contributed by atoms with Gasteiger partial charge in [-0.3, -0.25) is 9.36 Å². The SMILES string of the molecule is C=C(C)C(=O)OCC(O)COP(=O)(CCC(=O)O)c1ccccc1. The lowest BCUT2D eigenvalue weighted by Gasteiger charge is -2.20. The first-order valence-electron chi connectivity index (χ1n) is 7.26. The van der Waals surface area contributed by atoms with Gasteiger partial charge < -0.3 is 19.5 Å². The predicted octanol–water partition coefficient (Wildman–Crippen LogP) is 1.56. The largest absolute Gasteiger partial charge is 0.481 e. The molecule has 2 N–H and O–H groups in total. The second kappa shape index (κ2) is 9.37. The van der Waals surface area contributed by atoms with Crippen molar-refractivity contribution in [2.45, 2.75) is 19.4 Å². The molecule has 132 valence electrons. The zero-order valence-corrected chi connectivity index (χ0v) is 14.3. The maximum absolute atomic E-state index is 13.0. The normalized spacial score (nSPS) is 14.4. The fourth-order valence-electron chi connectivity index (χ4n) is 1.72. The summed E-state index contributed by atoms with van der Waals surface area (Å²) in [4.78, 5) is 22.0. The molecule has 0 radical (unpaired) electrons. The van der Waals surface area contributed by atoms with Gasteiger partial charge in [-0.25, -0.2) is 4.79 Å². The van der Waals surface area contributed by atoms with E-state index in [4.69, 9.17) is 14.4 Å². The molecule has 0 fully saturated rings. The standard InChI is InChI=1S/C16H21O7P/c1-12(2)16(20)22-10-13(17)11-23-24(21,9-8-15(18)19)14-6-4-3-5-7-14/h3-7,13,17H,1,8-11H2,2H3,(H,18,19). The van der Waals surface area contributed by atoms with E-state index < -0.39 is 25.4 Å². The number of hydrogen-bond donors (Lipinski definition) is 2. The number of aliphatic carboxylic acids is 1. The molecule has 2 unspecified atom stereocenters. The van der Waals surface area contributed by atoms with E-state index in [0.717, 1.165) is 0 Å². The molecule has 0 aliphatic rings. The molecule has 0 aromatic heterocycles. The number of esters is 1. The van der Waals surface area contributed by atoms with Gasteiger partial charge in [0.2, 0.25) is 7.37 Å². The molecular formula is C16H21O7P. The van der Waals surface area contributed by atoms with Gasteiger partial charge >= 0.3 is 11.9 Å². The highest BCUT2D eigenvalue weighted by atomic mass is 31.2. The lowest BCUT2D eigenvalue weighted by Crippen LogP contribution is -2.25. The molecule has 0 heterocycles. The Labute approximate surface area is 140 Å². The van der Waals surface area contributed by atoms with Crippen LogP contribution in [0.5, 0.6) is 0 Å². The fourth-order valence-corrected chi connectivity index (χ4v) is 3.78. The molecular weight excluding hydrogens is 335 g/mol. The second-order valence-electron chi connectivity index (χ2n) is 5.20. The van der Waals surface area contributed by atoms with Crippen LogP contribution in [-0.2, 0) is 23.4 Å². The zero-order valence-electron chi connectivity index (χ0n) is 13.4. The van der Waals surface area contributed by atoms with E-state index in [1.165, 1.54) is 6.92 Å². The van der Waals surface area contributed by atoms with Gasteiger partial charge in [-0.15, -0.1) is 0 Å². The summed E-state index contributed by atoms with van der Waals surface area (Å²) in [6, 6.07) is 8.22. The van der Waals surface area contributed by atoms with Crippen molar-refractivity contribution >= 4 is 24.6 Å².